The van der Waals surface area contributed by atoms with Crippen LogP contribution >= 0.6 is 21.9 Å². The van der Waals surface area contributed by atoms with Crippen molar-refractivity contribution in [3.05, 3.63) is 53.3 Å². The van der Waals surface area contributed by atoms with Gasteiger partial charge in [0.25, 0.3) is 5.92 Å². The number of carbonyl (C=O) groups is 1. The Bertz CT molecular complexity index is 791. The summed E-state index contributed by atoms with van der Waals surface area (Å²) in [4.78, 5) is 8.00. The van der Waals surface area contributed by atoms with E-state index in [0.717, 1.165) is 33.3 Å². The van der Waals surface area contributed by atoms with Gasteiger partial charge in [-0.15, -0.1) is 9.24 Å². The van der Waals surface area contributed by atoms with E-state index >= 15 is 0 Å². The number of rotatable bonds is 7. The van der Waals surface area contributed by atoms with Crippen molar-refractivity contribution in [1.82, 2.24) is 5.32 Å². The summed E-state index contributed by atoms with van der Waals surface area (Å²) < 4.78 is 41.5. The molecular formula is C22H33F3N3OPS. The van der Waals surface area contributed by atoms with Crippen molar-refractivity contribution in [2.75, 3.05) is 19.3 Å². The SMILES string of the molecule is C=O.CCS.CNC(Cc1cccc(-c2cc(C)cc(F)c2)c1P)C(N)C(F)(F)CN. The van der Waals surface area contributed by atoms with Gasteiger partial charge >= 0.3 is 0 Å². The third kappa shape index (κ3) is 8.91. The molecule has 2 aromatic carbocycles. The largest absolute Gasteiger partial charge is 0.325 e. The highest BCUT2D eigenvalue weighted by molar-refractivity contribution is 7.80. The molecule has 4 nitrogen and oxygen atoms in total. The quantitative estimate of drug-likeness (QED) is 0.367. The van der Waals surface area contributed by atoms with Gasteiger partial charge in [-0.2, -0.15) is 12.6 Å². The molecule has 0 aliphatic rings. The number of likely N-dealkylation sites (N-methyl/N-ethyl adjacent to an activating group) is 1. The lowest BCUT2D eigenvalue weighted by atomic mass is 9.93. The topological polar surface area (TPSA) is 81.1 Å². The minimum absolute atomic E-state index is 0.300. The van der Waals surface area contributed by atoms with Gasteiger partial charge in [0.2, 0.25) is 0 Å². The number of hydrogen-bond acceptors (Lipinski definition) is 5. The van der Waals surface area contributed by atoms with Crippen LogP contribution < -0.4 is 22.1 Å². The summed E-state index contributed by atoms with van der Waals surface area (Å²) in [6.45, 7) is 5.01. The zero-order valence-corrected chi connectivity index (χ0v) is 20.2. The van der Waals surface area contributed by atoms with Gasteiger partial charge in [-0.1, -0.05) is 31.2 Å². The number of nitrogens with two attached hydrogens (primary N) is 2. The number of benzene rings is 2. The Morgan fingerprint density at radius 3 is 2.32 bits per heavy atom. The third-order valence-corrected chi connectivity index (χ3v) is 5.24. The predicted molar refractivity (Wildman–Crippen MR) is 131 cm³/mol. The maximum Gasteiger partial charge on any atom is 0.276 e. The molecule has 0 spiro atoms. The Morgan fingerprint density at radius 2 is 1.84 bits per heavy atom. The second-order valence-corrected chi connectivity index (χ2v) is 8.01. The monoisotopic (exact) mass is 475 g/mol. The Kier molecular flexibility index (Phi) is 13.9. The van der Waals surface area contributed by atoms with Gasteiger partial charge in [0.1, 0.15) is 12.6 Å². The molecule has 2 aromatic rings. The highest BCUT2D eigenvalue weighted by Crippen LogP contribution is 2.25. The first-order chi connectivity index (χ1) is 14.6. The fourth-order valence-electron chi connectivity index (χ4n) is 3.01. The summed E-state index contributed by atoms with van der Waals surface area (Å²) >= 11 is 3.79. The highest BCUT2D eigenvalue weighted by Gasteiger charge is 2.40. The number of thiol groups is 1. The van der Waals surface area contributed by atoms with Crippen LogP contribution in [0.2, 0.25) is 0 Å². The lowest BCUT2D eigenvalue weighted by Gasteiger charge is -2.30. The molecular weight excluding hydrogens is 442 g/mol. The lowest BCUT2D eigenvalue weighted by Crippen LogP contribution is -2.58. The van der Waals surface area contributed by atoms with Crippen molar-refractivity contribution in [3.8, 4) is 11.1 Å². The third-order valence-electron chi connectivity index (χ3n) is 4.55. The molecule has 0 heterocycles. The van der Waals surface area contributed by atoms with E-state index < -0.39 is 24.6 Å². The second-order valence-electron chi connectivity index (χ2n) is 6.80. The van der Waals surface area contributed by atoms with Crippen LogP contribution in [0.4, 0.5) is 13.2 Å². The van der Waals surface area contributed by atoms with E-state index in [1.165, 1.54) is 12.1 Å². The summed E-state index contributed by atoms with van der Waals surface area (Å²) in [5.74, 6) is -2.53. The molecule has 0 aliphatic carbocycles. The second kappa shape index (κ2) is 14.6. The molecule has 3 atom stereocenters. The van der Waals surface area contributed by atoms with E-state index in [1.807, 2.05) is 44.9 Å². The van der Waals surface area contributed by atoms with E-state index in [-0.39, 0.29) is 5.82 Å². The predicted octanol–water partition coefficient (Wildman–Crippen LogP) is 3.10. The number of carbonyl (C=O) groups excluding carboxylic acids is 1. The molecule has 0 aliphatic heterocycles. The highest BCUT2D eigenvalue weighted by atomic mass is 32.1. The first kappa shape index (κ1) is 29.6. The number of hydrogen-bond donors (Lipinski definition) is 4. The van der Waals surface area contributed by atoms with Gasteiger partial charge < -0.3 is 21.6 Å². The summed E-state index contributed by atoms with van der Waals surface area (Å²) in [5.41, 5.74) is 14.1. The van der Waals surface area contributed by atoms with E-state index in [1.54, 1.807) is 7.05 Å². The Balaban J connectivity index is 0.00000165. The van der Waals surface area contributed by atoms with Crippen molar-refractivity contribution >= 4 is 34.0 Å². The number of alkyl halides is 2. The molecule has 0 saturated carbocycles. The summed E-state index contributed by atoms with van der Waals surface area (Å²) in [6, 6.07) is 8.31. The van der Waals surface area contributed by atoms with Crippen molar-refractivity contribution in [1.29, 1.82) is 0 Å². The standard InChI is InChI=1S/C19H25F3N3P.C2H6S.CH2O/c1-11-6-13(8-14(20)7-11)15-5-3-4-12(17(15)26)9-16(25-2)18(24)19(21,22)10-23;1-2-3;1-2/h3-8,16,18,25H,9-10,23-24,26H2,1-2H3;3H,2H2,1H3;1H2. The van der Waals surface area contributed by atoms with Crippen LogP contribution in [0.5, 0.6) is 0 Å². The Labute approximate surface area is 191 Å². The van der Waals surface area contributed by atoms with Crippen LogP contribution in [0, 0.1) is 12.7 Å². The van der Waals surface area contributed by atoms with Crippen molar-refractivity contribution in [2.45, 2.75) is 38.3 Å². The minimum atomic E-state index is -3.16. The van der Waals surface area contributed by atoms with Crippen molar-refractivity contribution in [3.63, 3.8) is 0 Å². The maximum atomic E-state index is 13.9. The van der Waals surface area contributed by atoms with Crippen molar-refractivity contribution < 1.29 is 18.0 Å². The number of aryl methyl sites for hydroxylation is 1. The van der Waals surface area contributed by atoms with Crippen LogP contribution in [0.25, 0.3) is 11.1 Å². The summed E-state index contributed by atoms with van der Waals surface area (Å²) in [6.07, 6.45) is 0.300. The Hall–Kier alpha value is -1.44. The number of nitrogens with one attached hydrogen (secondary N) is 1. The lowest BCUT2D eigenvalue weighted by molar-refractivity contribution is -0.0980. The first-order valence-electron chi connectivity index (χ1n) is 9.66. The summed E-state index contributed by atoms with van der Waals surface area (Å²) in [5, 5.41) is 3.70. The van der Waals surface area contributed by atoms with Gasteiger partial charge in [0.15, 0.2) is 0 Å². The van der Waals surface area contributed by atoms with Crippen LogP contribution in [-0.4, -0.2) is 44.1 Å². The zero-order valence-electron chi connectivity index (χ0n) is 18.2. The van der Waals surface area contributed by atoms with E-state index in [9.17, 15) is 13.2 Å². The van der Waals surface area contributed by atoms with E-state index in [4.69, 9.17) is 16.3 Å². The molecule has 31 heavy (non-hydrogen) atoms. The van der Waals surface area contributed by atoms with Crippen LogP contribution in [0.3, 0.4) is 0 Å². The van der Waals surface area contributed by atoms with Gasteiger partial charge in [-0.3, -0.25) is 0 Å². The van der Waals surface area contributed by atoms with Crippen molar-refractivity contribution in [2.24, 2.45) is 11.5 Å². The molecule has 0 amide bonds. The van der Waals surface area contributed by atoms with Gasteiger partial charge in [-0.25, -0.2) is 13.2 Å². The average Bonchev–Trinajstić information content (AvgIpc) is 2.73. The molecule has 9 heteroatoms. The molecule has 0 bridgehead atoms. The average molecular weight is 476 g/mol. The van der Waals surface area contributed by atoms with Crippen LogP contribution in [0.15, 0.2) is 36.4 Å². The maximum absolute atomic E-state index is 13.9. The zero-order chi connectivity index (χ0) is 24.2. The normalized spacial score (nSPS) is 12.7. The fourth-order valence-corrected chi connectivity index (χ4v) is 3.49. The van der Waals surface area contributed by atoms with Gasteiger partial charge in [0, 0.05) is 6.04 Å². The molecule has 0 aromatic heterocycles. The van der Waals surface area contributed by atoms with E-state index in [0.29, 0.717) is 6.42 Å². The van der Waals surface area contributed by atoms with E-state index in [2.05, 4.69) is 27.2 Å². The minimum Gasteiger partial charge on any atom is -0.325 e. The van der Waals surface area contributed by atoms with Gasteiger partial charge in [0.05, 0.1) is 12.6 Å². The summed E-state index contributed by atoms with van der Waals surface area (Å²) in [7, 11) is 4.23. The van der Waals surface area contributed by atoms with Crippen LogP contribution in [0.1, 0.15) is 18.1 Å². The molecule has 0 radical (unpaired) electrons. The Morgan fingerprint density at radius 1 is 1.26 bits per heavy atom. The van der Waals surface area contributed by atoms with Gasteiger partial charge in [-0.05, 0) is 65.8 Å². The smallest absolute Gasteiger partial charge is 0.276 e. The first-order valence-corrected chi connectivity index (χ1v) is 10.9. The molecule has 3 unspecified atom stereocenters. The fraction of sp³-hybridized carbons (Fsp3) is 0.409. The molecule has 2 rings (SSSR count). The molecule has 5 N–H and O–H groups in total. The van der Waals surface area contributed by atoms with Crippen LogP contribution in [-0.2, 0) is 11.2 Å². The molecule has 174 valence electrons. The molecule has 0 fully saturated rings. The molecule has 0 saturated heterocycles. The number of halogens is 3.